The van der Waals surface area contributed by atoms with E-state index >= 15 is 0 Å². The zero-order chi connectivity index (χ0) is 18.9. The fourth-order valence-corrected chi connectivity index (χ4v) is 3.30. The number of aryl methyl sites for hydroxylation is 1. The first kappa shape index (κ1) is 19.2. The van der Waals surface area contributed by atoms with Crippen LogP contribution in [0, 0.1) is 5.82 Å². The van der Waals surface area contributed by atoms with E-state index in [0.717, 1.165) is 25.9 Å². The highest BCUT2D eigenvalue weighted by molar-refractivity contribution is 5.77. The highest BCUT2D eigenvalue weighted by Crippen LogP contribution is 2.20. The molecule has 1 aliphatic rings. The van der Waals surface area contributed by atoms with Gasteiger partial charge in [0, 0.05) is 25.3 Å². The maximum atomic E-state index is 13.4. The SMILES string of the molecule is O=C(COc1ccccc1F)NCCCc1ccc(N2CCCCC2)cc1. The number of hydrogen-bond donors (Lipinski definition) is 1. The standard InChI is InChI=1S/C22H27FN2O2/c23-20-8-2-3-9-21(20)27-17-22(26)24-14-6-7-18-10-12-19(13-11-18)25-15-4-1-5-16-25/h2-3,8-13H,1,4-7,14-17H2,(H,24,26). The van der Waals surface area contributed by atoms with Crippen molar-refractivity contribution in [2.75, 3.05) is 31.1 Å². The second-order valence-electron chi connectivity index (χ2n) is 6.89. The molecule has 0 spiro atoms. The van der Waals surface area contributed by atoms with E-state index in [1.165, 1.54) is 42.6 Å². The lowest BCUT2D eigenvalue weighted by Crippen LogP contribution is -2.30. The summed E-state index contributed by atoms with van der Waals surface area (Å²) in [5.74, 6) is -0.599. The van der Waals surface area contributed by atoms with Crippen LogP contribution in [0.1, 0.15) is 31.2 Å². The zero-order valence-corrected chi connectivity index (χ0v) is 15.6. The number of carbonyl (C=O) groups is 1. The summed E-state index contributed by atoms with van der Waals surface area (Å²) in [6.45, 7) is 2.71. The Balaban J connectivity index is 1.33. The van der Waals surface area contributed by atoms with Gasteiger partial charge in [0.25, 0.3) is 5.91 Å². The predicted molar refractivity (Wildman–Crippen MR) is 106 cm³/mol. The van der Waals surface area contributed by atoms with Gasteiger partial charge in [0.05, 0.1) is 0 Å². The average Bonchev–Trinajstić information content (AvgIpc) is 2.72. The molecule has 5 heteroatoms. The second kappa shape index (κ2) is 9.95. The summed E-state index contributed by atoms with van der Waals surface area (Å²) in [5.41, 5.74) is 2.57. The number of ether oxygens (including phenoxy) is 1. The highest BCUT2D eigenvalue weighted by atomic mass is 19.1. The van der Waals surface area contributed by atoms with Gasteiger partial charge in [-0.25, -0.2) is 4.39 Å². The monoisotopic (exact) mass is 370 g/mol. The zero-order valence-electron chi connectivity index (χ0n) is 15.6. The Labute approximate surface area is 160 Å². The van der Waals surface area contributed by atoms with Crippen LogP contribution in [0.15, 0.2) is 48.5 Å². The van der Waals surface area contributed by atoms with Gasteiger partial charge in [-0.05, 0) is 61.9 Å². The molecule has 1 saturated heterocycles. The first-order valence-electron chi connectivity index (χ1n) is 9.70. The lowest BCUT2D eigenvalue weighted by molar-refractivity contribution is -0.123. The fourth-order valence-electron chi connectivity index (χ4n) is 3.30. The molecule has 0 bridgehead atoms. The summed E-state index contributed by atoms with van der Waals surface area (Å²) < 4.78 is 18.6. The van der Waals surface area contributed by atoms with Crippen molar-refractivity contribution in [2.45, 2.75) is 32.1 Å². The Bertz CT molecular complexity index is 727. The van der Waals surface area contributed by atoms with E-state index < -0.39 is 5.82 Å². The third-order valence-electron chi connectivity index (χ3n) is 4.82. The molecule has 2 aromatic carbocycles. The minimum atomic E-state index is -0.460. The minimum absolute atomic E-state index is 0.0986. The van der Waals surface area contributed by atoms with Crippen LogP contribution >= 0.6 is 0 Å². The summed E-state index contributed by atoms with van der Waals surface area (Å²) >= 11 is 0. The number of halogens is 1. The van der Waals surface area contributed by atoms with E-state index in [1.807, 2.05) is 0 Å². The molecule has 1 aliphatic heterocycles. The van der Waals surface area contributed by atoms with E-state index in [4.69, 9.17) is 4.74 Å². The van der Waals surface area contributed by atoms with Crippen molar-refractivity contribution in [2.24, 2.45) is 0 Å². The maximum Gasteiger partial charge on any atom is 0.257 e. The van der Waals surface area contributed by atoms with Gasteiger partial charge in [-0.3, -0.25) is 4.79 Å². The van der Waals surface area contributed by atoms with Crippen molar-refractivity contribution in [3.05, 3.63) is 59.9 Å². The molecule has 1 N–H and O–H groups in total. The van der Waals surface area contributed by atoms with E-state index in [1.54, 1.807) is 12.1 Å². The van der Waals surface area contributed by atoms with Crippen LogP contribution in [-0.4, -0.2) is 32.1 Å². The third kappa shape index (κ3) is 5.98. The van der Waals surface area contributed by atoms with Crippen molar-refractivity contribution in [1.29, 1.82) is 0 Å². The molecular weight excluding hydrogens is 343 g/mol. The molecule has 0 unspecified atom stereocenters. The lowest BCUT2D eigenvalue weighted by atomic mass is 10.1. The molecule has 4 nitrogen and oxygen atoms in total. The van der Waals surface area contributed by atoms with Crippen LogP contribution in [-0.2, 0) is 11.2 Å². The van der Waals surface area contributed by atoms with Crippen molar-refractivity contribution in [3.8, 4) is 5.75 Å². The van der Waals surface area contributed by atoms with E-state index in [-0.39, 0.29) is 18.3 Å². The van der Waals surface area contributed by atoms with Crippen LogP contribution < -0.4 is 15.0 Å². The van der Waals surface area contributed by atoms with Crippen molar-refractivity contribution in [1.82, 2.24) is 5.32 Å². The Morgan fingerprint density at radius 2 is 1.78 bits per heavy atom. The summed E-state index contributed by atoms with van der Waals surface area (Å²) in [4.78, 5) is 14.2. The smallest absolute Gasteiger partial charge is 0.257 e. The molecule has 144 valence electrons. The van der Waals surface area contributed by atoms with Crippen molar-refractivity contribution < 1.29 is 13.9 Å². The maximum absolute atomic E-state index is 13.4. The molecule has 0 saturated carbocycles. The summed E-state index contributed by atoms with van der Waals surface area (Å²) in [5, 5.41) is 2.81. The molecule has 3 rings (SSSR count). The number of amides is 1. The molecule has 0 radical (unpaired) electrons. The Hall–Kier alpha value is -2.56. The van der Waals surface area contributed by atoms with Crippen molar-refractivity contribution >= 4 is 11.6 Å². The number of piperidine rings is 1. The molecule has 2 aromatic rings. The van der Waals surface area contributed by atoms with Gasteiger partial charge >= 0.3 is 0 Å². The normalized spacial score (nSPS) is 14.0. The number of nitrogens with one attached hydrogen (secondary N) is 1. The van der Waals surface area contributed by atoms with Crippen LogP contribution in [0.25, 0.3) is 0 Å². The van der Waals surface area contributed by atoms with Gasteiger partial charge in [-0.1, -0.05) is 24.3 Å². The number of rotatable bonds is 8. The molecule has 1 fully saturated rings. The van der Waals surface area contributed by atoms with Gasteiger partial charge in [0.15, 0.2) is 18.2 Å². The second-order valence-corrected chi connectivity index (χ2v) is 6.89. The van der Waals surface area contributed by atoms with Gasteiger partial charge < -0.3 is 15.0 Å². The molecule has 0 aromatic heterocycles. The summed E-state index contributed by atoms with van der Waals surface area (Å²) in [6, 6.07) is 14.8. The van der Waals surface area contributed by atoms with Gasteiger partial charge in [0.1, 0.15) is 0 Å². The predicted octanol–water partition coefficient (Wildman–Crippen LogP) is 3.94. The van der Waals surface area contributed by atoms with Crippen LogP contribution in [0.5, 0.6) is 5.75 Å². The topological polar surface area (TPSA) is 41.6 Å². The fraction of sp³-hybridized carbons (Fsp3) is 0.409. The van der Waals surface area contributed by atoms with E-state index in [2.05, 4.69) is 34.5 Å². The van der Waals surface area contributed by atoms with Gasteiger partial charge in [-0.2, -0.15) is 0 Å². The van der Waals surface area contributed by atoms with E-state index in [9.17, 15) is 9.18 Å². The quantitative estimate of drug-likeness (QED) is 0.716. The van der Waals surface area contributed by atoms with Gasteiger partial charge in [0.2, 0.25) is 0 Å². The van der Waals surface area contributed by atoms with Crippen LogP contribution in [0.3, 0.4) is 0 Å². The molecule has 0 aliphatic carbocycles. The number of para-hydroxylation sites is 1. The Morgan fingerprint density at radius 1 is 1.04 bits per heavy atom. The first-order valence-corrected chi connectivity index (χ1v) is 9.70. The molecule has 0 atom stereocenters. The van der Waals surface area contributed by atoms with Crippen LogP contribution in [0.2, 0.25) is 0 Å². The molecular formula is C22H27FN2O2. The first-order chi connectivity index (χ1) is 13.2. The minimum Gasteiger partial charge on any atom is -0.481 e. The van der Waals surface area contributed by atoms with E-state index in [0.29, 0.717) is 6.54 Å². The number of benzene rings is 2. The average molecular weight is 370 g/mol. The highest BCUT2D eigenvalue weighted by Gasteiger charge is 2.10. The molecule has 1 heterocycles. The Kier molecular flexibility index (Phi) is 7.08. The summed E-state index contributed by atoms with van der Waals surface area (Å²) in [7, 11) is 0. The lowest BCUT2D eigenvalue weighted by Gasteiger charge is -2.28. The number of nitrogens with zero attached hydrogens (tertiary/aromatic N) is 1. The number of anilines is 1. The van der Waals surface area contributed by atoms with Crippen molar-refractivity contribution in [3.63, 3.8) is 0 Å². The number of carbonyl (C=O) groups excluding carboxylic acids is 1. The molecule has 27 heavy (non-hydrogen) atoms. The van der Waals surface area contributed by atoms with Gasteiger partial charge in [-0.15, -0.1) is 0 Å². The largest absolute Gasteiger partial charge is 0.481 e. The van der Waals surface area contributed by atoms with Crippen LogP contribution in [0.4, 0.5) is 10.1 Å². The Morgan fingerprint density at radius 3 is 2.52 bits per heavy atom. The molecule has 1 amide bonds. The summed E-state index contributed by atoms with van der Waals surface area (Å²) in [6.07, 6.45) is 5.67. The third-order valence-corrected chi connectivity index (χ3v) is 4.82. The number of hydrogen-bond acceptors (Lipinski definition) is 3.